The molecule has 1 N–H and O–H groups in total. The minimum Gasteiger partial charge on any atom is -0.482 e. The molecule has 0 spiro atoms. The first-order valence-corrected chi connectivity index (χ1v) is 11.9. The Morgan fingerprint density at radius 3 is 2.22 bits per heavy atom. The Labute approximate surface area is 213 Å². The Hall–Kier alpha value is -3.98. The van der Waals surface area contributed by atoms with Crippen molar-refractivity contribution in [3.05, 3.63) is 89.5 Å². The van der Waals surface area contributed by atoms with Gasteiger partial charge >= 0.3 is 12.1 Å². The largest absolute Gasteiger partial charge is 0.482 e. The molecule has 0 aliphatic heterocycles. The van der Waals surface area contributed by atoms with E-state index in [0.29, 0.717) is 12.2 Å². The first-order chi connectivity index (χ1) is 17.8. The van der Waals surface area contributed by atoms with Gasteiger partial charge in [-0.15, -0.1) is 0 Å². The van der Waals surface area contributed by atoms with Crippen LogP contribution in [0.15, 0.2) is 66.7 Å². The summed E-state index contributed by atoms with van der Waals surface area (Å²) in [5.74, 6) is -1.42. The molecule has 0 saturated heterocycles. The van der Waals surface area contributed by atoms with Crippen LogP contribution in [0, 0.1) is 11.6 Å². The van der Waals surface area contributed by atoms with Gasteiger partial charge in [0, 0.05) is 6.42 Å². The highest BCUT2D eigenvalue weighted by atomic mass is 19.1. The number of halogens is 2. The molecule has 9 heteroatoms. The lowest BCUT2D eigenvalue weighted by Gasteiger charge is -2.34. The number of esters is 1. The summed E-state index contributed by atoms with van der Waals surface area (Å²) >= 11 is 0. The number of nitrogens with zero attached hydrogens (tertiary/aromatic N) is 1. The fourth-order valence-electron chi connectivity index (χ4n) is 4.31. The smallest absolute Gasteiger partial charge is 0.419 e. The molecular weight excluding hydrogens is 484 g/mol. The van der Waals surface area contributed by atoms with Crippen molar-refractivity contribution in [3.63, 3.8) is 0 Å². The van der Waals surface area contributed by atoms with Gasteiger partial charge in [-0.25, -0.2) is 23.3 Å². The summed E-state index contributed by atoms with van der Waals surface area (Å²) in [6.45, 7) is 1.35. The van der Waals surface area contributed by atoms with Crippen molar-refractivity contribution in [3.8, 4) is 5.75 Å². The molecule has 194 valence electrons. The molecule has 37 heavy (non-hydrogen) atoms. The van der Waals surface area contributed by atoms with E-state index in [-0.39, 0.29) is 37.4 Å². The van der Waals surface area contributed by atoms with Crippen LogP contribution in [0.4, 0.5) is 25.0 Å². The van der Waals surface area contributed by atoms with E-state index in [1.807, 2.05) is 6.07 Å². The number of benzene rings is 3. The molecule has 3 aromatic carbocycles. The van der Waals surface area contributed by atoms with E-state index >= 15 is 0 Å². The van der Waals surface area contributed by atoms with Crippen molar-refractivity contribution < 1.29 is 37.7 Å². The first-order valence-electron chi connectivity index (χ1n) is 11.9. The molecule has 0 bridgehead atoms. The van der Waals surface area contributed by atoms with Gasteiger partial charge < -0.3 is 19.3 Å². The maximum atomic E-state index is 14.6. The number of aliphatic hydroxyl groups is 1. The summed E-state index contributed by atoms with van der Waals surface area (Å²) in [6, 6.07) is 16.3. The molecule has 0 saturated carbocycles. The zero-order valence-electron chi connectivity index (χ0n) is 20.3. The van der Waals surface area contributed by atoms with Gasteiger partial charge in [0.2, 0.25) is 0 Å². The topological polar surface area (TPSA) is 85.3 Å². The van der Waals surface area contributed by atoms with Gasteiger partial charge in [0.25, 0.3) is 0 Å². The third kappa shape index (κ3) is 6.06. The van der Waals surface area contributed by atoms with Gasteiger partial charge in [-0.1, -0.05) is 36.4 Å². The van der Waals surface area contributed by atoms with Crippen molar-refractivity contribution in [2.45, 2.75) is 31.8 Å². The van der Waals surface area contributed by atoms with E-state index in [2.05, 4.69) is 0 Å². The lowest BCUT2D eigenvalue weighted by molar-refractivity contribution is -0.145. The maximum absolute atomic E-state index is 14.6. The lowest BCUT2D eigenvalue weighted by Crippen LogP contribution is -2.43. The average molecular weight is 512 g/mol. The van der Waals surface area contributed by atoms with E-state index in [4.69, 9.17) is 14.2 Å². The van der Waals surface area contributed by atoms with Crippen molar-refractivity contribution in [1.29, 1.82) is 0 Å². The molecule has 0 fully saturated rings. The van der Waals surface area contributed by atoms with E-state index in [0.717, 1.165) is 28.2 Å². The van der Waals surface area contributed by atoms with Crippen molar-refractivity contribution in [1.82, 2.24) is 0 Å². The average Bonchev–Trinajstić information content (AvgIpc) is 2.88. The number of ether oxygens (including phenoxy) is 3. The molecule has 0 aromatic heterocycles. The molecule has 1 aliphatic rings. The second kappa shape index (κ2) is 11.4. The van der Waals surface area contributed by atoms with Crippen LogP contribution in [0.3, 0.4) is 0 Å². The van der Waals surface area contributed by atoms with Crippen molar-refractivity contribution >= 4 is 23.4 Å². The summed E-state index contributed by atoms with van der Waals surface area (Å²) in [4.78, 5) is 25.6. The van der Waals surface area contributed by atoms with Crippen molar-refractivity contribution in [2.75, 3.05) is 24.7 Å². The first kappa shape index (κ1) is 26.1. The second-order valence-corrected chi connectivity index (χ2v) is 8.68. The number of fused-ring (bicyclic) bond motifs is 1. The van der Waals surface area contributed by atoms with Gasteiger partial charge in [0.1, 0.15) is 29.6 Å². The van der Waals surface area contributed by atoms with Gasteiger partial charge in [0.05, 0.1) is 18.0 Å². The molecule has 7 nitrogen and oxygen atoms in total. The van der Waals surface area contributed by atoms with Crippen LogP contribution >= 0.6 is 0 Å². The van der Waals surface area contributed by atoms with Gasteiger partial charge in [-0.2, -0.15) is 0 Å². The molecular formula is C28H27F2NO6. The van der Waals surface area contributed by atoms with E-state index in [1.165, 1.54) is 36.4 Å². The summed E-state index contributed by atoms with van der Waals surface area (Å²) < 4.78 is 45.1. The molecule has 1 aliphatic carbocycles. The van der Waals surface area contributed by atoms with Crippen LogP contribution < -0.4 is 9.64 Å². The van der Waals surface area contributed by atoms with Crippen LogP contribution in [-0.2, 0) is 27.1 Å². The molecule has 4 rings (SSSR count). The number of hydrogen-bond donors (Lipinski definition) is 1. The predicted molar refractivity (Wildman–Crippen MR) is 132 cm³/mol. The minimum atomic E-state index is -1.40. The number of para-hydroxylation sites is 2. The van der Waals surface area contributed by atoms with E-state index < -0.39 is 35.9 Å². The van der Waals surface area contributed by atoms with Crippen LogP contribution in [0.2, 0.25) is 0 Å². The van der Waals surface area contributed by atoms with Crippen LogP contribution in [-0.4, -0.2) is 42.6 Å². The predicted octanol–water partition coefficient (Wildman–Crippen LogP) is 5.10. The van der Waals surface area contributed by atoms with Crippen LogP contribution in [0.5, 0.6) is 5.75 Å². The van der Waals surface area contributed by atoms with Gasteiger partial charge in [-0.3, -0.25) is 0 Å². The number of anilines is 2. The summed E-state index contributed by atoms with van der Waals surface area (Å²) in [5.41, 5.74) is -0.129. The summed E-state index contributed by atoms with van der Waals surface area (Å²) in [5, 5.41) is 11.2. The van der Waals surface area contributed by atoms with E-state index in [1.54, 1.807) is 19.1 Å². The summed E-state index contributed by atoms with van der Waals surface area (Å²) in [6.07, 6.45) is -0.217. The molecule has 0 heterocycles. The summed E-state index contributed by atoms with van der Waals surface area (Å²) in [7, 11) is 0. The van der Waals surface area contributed by atoms with Crippen LogP contribution in [0.1, 0.15) is 24.5 Å². The molecule has 0 unspecified atom stereocenters. The number of carbonyl (C=O) groups excluding carboxylic acids is 2. The zero-order valence-corrected chi connectivity index (χ0v) is 20.3. The minimum absolute atomic E-state index is 0.158. The third-order valence-corrected chi connectivity index (χ3v) is 6.07. The Bertz CT molecular complexity index is 1240. The Balaban J connectivity index is 1.49. The second-order valence-electron chi connectivity index (χ2n) is 8.68. The number of amides is 1. The van der Waals surface area contributed by atoms with Gasteiger partial charge in [0.15, 0.2) is 6.61 Å². The zero-order chi connectivity index (χ0) is 26.4. The Kier molecular flexibility index (Phi) is 8.03. The monoisotopic (exact) mass is 511 g/mol. The van der Waals surface area contributed by atoms with E-state index in [9.17, 15) is 23.5 Å². The molecule has 3 aromatic rings. The highest BCUT2D eigenvalue weighted by Gasteiger charge is 2.36. The Morgan fingerprint density at radius 1 is 0.946 bits per heavy atom. The Morgan fingerprint density at radius 2 is 1.59 bits per heavy atom. The highest BCUT2D eigenvalue weighted by molar-refractivity contribution is 5.96. The third-order valence-electron chi connectivity index (χ3n) is 6.07. The highest BCUT2D eigenvalue weighted by Crippen LogP contribution is 2.36. The quantitative estimate of drug-likeness (QED) is 0.424. The van der Waals surface area contributed by atoms with Gasteiger partial charge in [-0.05, 0) is 61.2 Å². The number of rotatable bonds is 8. The fraction of sp³-hybridized carbons (Fsp3) is 0.286. The molecule has 0 radical (unpaired) electrons. The normalized spacial score (nSPS) is 16.4. The van der Waals surface area contributed by atoms with Crippen LogP contribution in [0.25, 0.3) is 0 Å². The molecule has 1 atom stereocenters. The number of carbonyl (C=O) groups is 2. The standard InChI is InChI=1S/C28H27F2NO6/c1-2-35-26(32)17-36-25-13-7-8-19-16-28(34,15-14-20(19)25)18-37-27(33)31(23-11-5-3-9-21(23)29)24-12-6-4-10-22(24)30/h3-13,34H,2,14-18H2,1H3/t28-/m1/s1. The molecule has 1 amide bonds. The lowest BCUT2D eigenvalue weighted by atomic mass is 9.80. The SMILES string of the molecule is CCOC(=O)COc1cccc2c1CC[C@](O)(COC(=O)N(c1ccccc1F)c1ccccc1F)C2. The van der Waals surface area contributed by atoms with Crippen molar-refractivity contribution in [2.24, 2.45) is 0 Å². The fourth-order valence-corrected chi connectivity index (χ4v) is 4.31. The number of hydrogen-bond acceptors (Lipinski definition) is 6. The maximum Gasteiger partial charge on any atom is 0.419 e.